The number of carbonyl (C=O) groups is 1. The molecule has 0 radical (unpaired) electrons. The van der Waals surface area contributed by atoms with Crippen molar-refractivity contribution in [3.05, 3.63) is 41.4 Å². The minimum Gasteiger partial charge on any atom is -0.507 e. The van der Waals surface area contributed by atoms with Gasteiger partial charge < -0.3 is 9.84 Å². The molecule has 106 valence electrons. The molecule has 1 aliphatic rings. The first kappa shape index (κ1) is 14.2. The van der Waals surface area contributed by atoms with E-state index in [1.165, 1.54) is 6.21 Å². The van der Waals surface area contributed by atoms with E-state index >= 15 is 0 Å². The van der Waals surface area contributed by atoms with Crippen LogP contribution in [-0.4, -0.2) is 34.9 Å². The largest absolute Gasteiger partial charge is 0.507 e. The Labute approximate surface area is 118 Å². The van der Waals surface area contributed by atoms with E-state index in [-0.39, 0.29) is 11.3 Å². The van der Waals surface area contributed by atoms with Crippen molar-refractivity contribution in [1.82, 2.24) is 4.98 Å². The summed E-state index contributed by atoms with van der Waals surface area (Å²) in [6.45, 7) is 2.72. The van der Waals surface area contributed by atoms with Crippen LogP contribution in [0.2, 0.25) is 0 Å². The Morgan fingerprint density at radius 3 is 2.90 bits per heavy atom. The molecule has 2 rings (SSSR count). The molecular weight excluding hydrogens is 256 g/mol. The van der Waals surface area contributed by atoms with Gasteiger partial charge in [-0.25, -0.2) is 4.79 Å². The number of aliphatic hydroxyl groups is 1. The summed E-state index contributed by atoms with van der Waals surface area (Å²) in [6, 6.07) is 3.66. The molecule has 0 fully saturated rings. The molecule has 5 heteroatoms. The quantitative estimate of drug-likeness (QED) is 0.490. The molecule has 0 aromatic carbocycles. The Kier molecular flexibility index (Phi) is 4.87. The minimum absolute atomic E-state index is 0.0351. The predicted octanol–water partition coefficient (Wildman–Crippen LogP) is 2.23. The summed E-state index contributed by atoms with van der Waals surface area (Å²) in [5.74, 6) is -0.547. The van der Waals surface area contributed by atoms with Gasteiger partial charge in [-0.15, -0.1) is 0 Å². The van der Waals surface area contributed by atoms with E-state index < -0.39 is 12.1 Å². The van der Waals surface area contributed by atoms with Crippen LogP contribution >= 0.6 is 0 Å². The second-order valence-electron chi connectivity index (χ2n) is 4.64. The summed E-state index contributed by atoms with van der Waals surface area (Å²) in [6.07, 6.45) is 6.56. The molecule has 0 bridgehead atoms. The number of pyridine rings is 1. The van der Waals surface area contributed by atoms with Crippen LogP contribution in [0, 0.1) is 0 Å². The monoisotopic (exact) mass is 274 g/mol. The summed E-state index contributed by atoms with van der Waals surface area (Å²) in [7, 11) is 0. The maximum Gasteiger partial charge on any atom is 0.344 e. The molecule has 0 saturated carbocycles. The summed E-state index contributed by atoms with van der Waals surface area (Å²) >= 11 is 0. The molecule has 1 atom stereocenters. The van der Waals surface area contributed by atoms with Crippen molar-refractivity contribution in [2.45, 2.75) is 32.3 Å². The maximum absolute atomic E-state index is 11.7. The summed E-state index contributed by atoms with van der Waals surface area (Å²) < 4.78 is 5.17. The van der Waals surface area contributed by atoms with Crippen molar-refractivity contribution in [1.29, 1.82) is 0 Å². The fourth-order valence-electron chi connectivity index (χ4n) is 1.92. The third-order valence-corrected chi connectivity index (χ3v) is 3.08. The lowest BCUT2D eigenvalue weighted by Gasteiger charge is -2.09. The maximum atomic E-state index is 11.7. The standard InChI is InChI=1S/C15H18N2O3/c1-2-3-6-17-10-12-14(18)13(20-15(12)19)9-11-4-7-16-8-5-11/h4-5,7-8,10,13,18H,2-3,6,9H2,1H3. The van der Waals surface area contributed by atoms with E-state index in [2.05, 4.69) is 16.9 Å². The van der Waals surface area contributed by atoms with E-state index in [9.17, 15) is 9.90 Å². The van der Waals surface area contributed by atoms with E-state index in [0.29, 0.717) is 13.0 Å². The van der Waals surface area contributed by atoms with Crippen molar-refractivity contribution in [2.24, 2.45) is 4.99 Å². The van der Waals surface area contributed by atoms with Gasteiger partial charge >= 0.3 is 5.97 Å². The summed E-state index contributed by atoms with van der Waals surface area (Å²) in [4.78, 5) is 19.8. The van der Waals surface area contributed by atoms with Gasteiger partial charge in [0.1, 0.15) is 11.3 Å². The fourth-order valence-corrected chi connectivity index (χ4v) is 1.92. The van der Waals surface area contributed by atoms with Crippen LogP contribution in [0.4, 0.5) is 0 Å². The molecule has 1 aliphatic heterocycles. The number of aromatic nitrogens is 1. The zero-order chi connectivity index (χ0) is 14.4. The van der Waals surface area contributed by atoms with Crippen LogP contribution in [0.1, 0.15) is 25.3 Å². The van der Waals surface area contributed by atoms with Gasteiger partial charge in [0.25, 0.3) is 0 Å². The molecule has 0 saturated heterocycles. The van der Waals surface area contributed by atoms with Gasteiger partial charge in [0.2, 0.25) is 0 Å². The van der Waals surface area contributed by atoms with Crippen LogP contribution in [0.25, 0.3) is 0 Å². The lowest BCUT2D eigenvalue weighted by Crippen LogP contribution is -2.14. The summed E-state index contributed by atoms with van der Waals surface area (Å²) in [5, 5.41) is 10.1. The molecule has 1 unspecified atom stereocenters. The van der Waals surface area contributed by atoms with Gasteiger partial charge in [0, 0.05) is 31.6 Å². The Balaban J connectivity index is 2.04. The first-order valence-corrected chi connectivity index (χ1v) is 6.75. The van der Waals surface area contributed by atoms with Gasteiger partial charge in [-0.2, -0.15) is 0 Å². The zero-order valence-electron chi connectivity index (χ0n) is 11.5. The smallest absolute Gasteiger partial charge is 0.344 e. The third kappa shape index (κ3) is 3.44. The number of nitrogens with zero attached hydrogens (tertiary/aromatic N) is 2. The number of hydrogen-bond donors (Lipinski definition) is 1. The Hall–Kier alpha value is -2.17. The highest BCUT2D eigenvalue weighted by atomic mass is 16.6. The topological polar surface area (TPSA) is 71.8 Å². The van der Waals surface area contributed by atoms with Gasteiger partial charge in [-0.3, -0.25) is 9.98 Å². The van der Waals surface area contributed by atoms with Crippen molar-refractivity contribution >= 4 is 12.2 Å². The zero-order valence-corrected chi connectivity index (χ0v) is 11.5. The van der Waals surface area contributed by atoms with Crippen LogP contribution < -0.4 is 0 Å². The van der Waals surface area contributed by atoms with Gasteiger partial charge in [0.15, 0.2) is 6.10 Å². The first-order valence-electron chi connectivity index (χ1n) is 6.75. The fraction of sp³-hybridized carbons (Fsp3) is 0.400. The van der Waals surface area contributed by atoms with Crippen LogP contribution in [0.3, 0.4) is 0 Å². The number of rotatable bonds is 6. The summed E-state index contributed by atoms with van der Waals surface area (Å²) in [5.41, 5.74) is 1.12. The average Bonchev–Trinajstić information content (AvgIpc) is 2.72. The minimum atomic E-state index is -0.627. The van der Waals surface area contributed by atoms with E-state index in [0.717, 1.165) is 18.4 Å². The number of ether oxygens (including phenoxy) is 1. The number of unbranched alkanes of at least 4 members (excludes halogenated alkanes) is 1. The average molecular weight is 274 g/mol. The lowest BCUT2D eigenvalue weighted by molar-refractivity contribution is -0.139. The molecule has 0 amide bonds. The molecule has 5 nitrogen and oxygen atoms in total. The number of aliphatic hydroxyl groups excluding tert-OH is 1. The molecule has 2 heterocycles. The number of hydrogen-bond acceptors (Lipinski definition) is 5. The predicted molar refractivity (Wildman–Crippen MR) is 75.7 cm³/mol. The molecule has 20 heavy (non-hydrogen) atoms. The van der Waals surface area contributed by atoms with Gasteiger partial charge in [-0.1, -0.05) is 13.3 Å². The molecule has 1 aromatic rings. The Morgan fingerprint density at radius 1 is 1.45 bits per heavy atom. The van der Waals surface area contributed by atoms with E-state index in [1.807, 2.05) is 12.1 Å². The SMILES string of the molecule is CCCCN=CC1=C(O)C(Cc2ccncc2)OC1=O. The van der Waals surface area contributed by atoms with Crippen molar-refractivity contribution in [3.63, 3.8) is 0 Å². The highest BCUT2D eigenvalue weighted by Crippen LogP contribution is 2.22. The van der Waals surface area contributed by atoms with Gasteiger partial charge in [-0.05, 0) is 24.1 Å². The van der Waals surface area contributed by atoms with Gasteiger partial charge in [0.05, 0.1) is 0 Å². The van der Waals surface area contributed by atoms with Crippen molar-refractivity contribution < 1.29 is 14.6 Å². The van der Waals surface area contributed by atoms with Crippen LogP contribution in [0.15, 0.2) is 40.9 Å². The number of carbonyl (C=O) groups excluding carboxylic acids is 1. The third-order valence-electron chi connectivity index (χ3n) is 3.08. The number of aliphatic imine (C=N–C) groups is 1. The molecule has 1 aromatic heterocycles. The van der Waals surface area contributed by atoms with Crippen molar-refractivity contribution in [3.8, 4) is 0 Å². The van der Waals surface area contributed by atoms with E-state index in [1.54, 1.807) is 12.4 Å². The van der Waals surface area contributed by atoms with Crippen LogP contribution in [0.5, 0.6) is 0 Å². The Bertz CT molecular complexity index is 523. The van der Waals surface area contributed by atoms with Crippen LogP contribution in [-0.2, 0) is 16.0 Å². The highest BCUT2D eigenvalue weighted by Gasteiger charge is 2.33. The normalized spacial score (nSPS) is 18.9. The number of esters is 1. The lowest BCUT2D eigenvalue weighted by atomic mass is 10.1. The molecule has 0 aliphatic carbocycles. The Morgan fingerprint density at radius 2 is 2.20 bits per heavy atom. The van der Waals surface area contributed by atoms with E-state index in [4.69, 9.17) is 4.74 Å². The second-order valence-corrected chi connectivity index (χ2v) is 4.64. The molecule has 0 spiro atoms. The first-order chi connectivity index (χ1) is 9.72. The second kappa shape index (κ2) is 6.84. The molecule has 1 N–H and O–H groups in total. The highest BCUT2D eigenvalue weighted by molar-refractivity contribution is 6.11. The number of cyclic esters (lactones) is 1. The molecular formula is C15H18N2O3. The van der Waals surface area contributed by atoms with Crippen molar-refractivity contribution in [2.75, 3.05) is 6.54 Å².